The van der Waals surface area contributed by atoms with E-state index in [1.807, 2.05) is 6.92 Å². The van der Waals surface area contributed by atoms with Gasteiger partial charge in [0.15, 0.2) is 0 Å². The second kappa shape index (κ2) is 11.1. The Morgan fingerprint density at radius 2 is 2.05 bits per heavy atom. The van der Waals surface area contributed by atoms with E-state index < -0.39 is 20.2 Å². The summed E-state index contributed by atoms with van der Waals surface area (Å²) in [6.07, 6.45) is 2.30. The maximum atomic E-state index is 6.31. The quantitative estimate of drug-likeness (QED) is 0.304. The zero-order chi connectivity index (χ0) is 13.5. The second-order valence-electron chi connectivity index (χ2n) is 4.36. The molecule has 2 N–H and O–H groups in total. The molecule has 0 aliphatic carbocycles. The van der Waals surface area contributed by atoms with E-state index in [4.69, 9.17) is 8.81 Å². The van der Waals surface area contributed by atoms with E-state index in [2.05, 4.69) is 57.3 Å². The molecule has 0 heterocycles. The average molecular weight is 566 g/mol. The predicted octanol–water partition coefficient (Wildman–Crippen LogP) is 4.34. The Labute approximate surface area is 151 Å². The fourth-order valence-electron chi connectivity index (χ4n) is 1.83. The van der Waals surface area contributed by atoms with Gasteiger partial charge < -0.3 is 0 Å². The van der Waals surface area contributed by atoms with Crippen LogP contribution >= 0.6 is 47.1 Å². The van der Waals surface area contributed by atoms with Crippen molar-refractivity contribution in [2.75, 3.05) is 0 Å². The summed E-state index contributed by atoms with van der Waals surface area (Å²) in [5, 5.41) is 0. The SMILES string of the molecule is Br.CCCC([O][Sn]([CH3])[c]1ccccc1C(C)N)SI. The van der Waals surface area contributed by atoms with E-state index in [9.17, 15) is 0 Å². The number of nitrogens with two attached hydrogens (primary N) is 1. The van der Waals surface area contributed by atoms with Crippen LogP contribution < -0.4 is 9.31 Å². The summed E-state index contributed by atoms with van der Waals surface area (Å²) in [5.74, 6) is 0. The minimum atomic E-state index is -1.98. The monoisotopic (exact) mass is 566 g/mol. The Morgan fingerprint density at radius 1 is 1.42 bits per heavy atom. The first-order valence-electron chi connectivity index (χ1n) is 6.22. The van der Waals surface area contributed by atoms with Crippen molar-refractivity contribution >= 4 is 70.9 Å². The fraction of sp³-hybridized carbons (Fsp3) is 0.538. The molecular formula is C13H22BrINOSSn. The molecule has 1 rings (SSSR count). The van der Waals surface area contributed by atoms with Gasteiger partial charge in [-0.05, 0) is 0 Å². The molecule has 0 amide bonds. The average Bonchev–Trinajstić information content (AvgIpc) is 2.38. The van der Waals surface area contributed by atoms with Gasteiger partial charge in [-0.15, -0.1) is 17.0 Å². The van der Waals surface area contributed by atoms with Crippen molar-refractivity contribution in [3.63, 3.8) is 0 Å². The van der Waals surface area contributed by atoms with Gasteiger partial charge in [-0.2, -0.15) is 0 Å². The van der Waals surface area contributed by atoms with Crippen LogP contribution in [0.25, 0.3) is 0 Å². The molecule has 6 heteroatoms. The van der Waals surface area contributed by atoms with Crippen molar-refractivity contribution < 1.29 is 3.07 Å². The topological polar surface area (TPSA) is 35.2 Å². The van der Waals surface area contributed by atoms with Crippen LogP contribution in [0.5, 0.6) is 0 Å². The maximum absolute atomic E-state index is 6.31. The zero-order valence-electron chi connectivity index (χ0n) is 11.6. The molecule has 2 nitrogen and oxygen atoms in total. The van der Waals surface area contributed by atoms with Crippen LogP contribution in [0.15, 0.2) is 24.3 Å². The summed E-state index contributed by atoms with van der Waals surface area (Å²) in [5.41, 5.74) is 7.65. The molecule has 0 saturated heterocycles. The Kier molecular flexibility index (Phi) is 12.0. The third-order valence-electron chi connectivity index (χ3n) is 2.76. The van der Waals surface area contributed by atoms with Gasteiger partial charge in [-0.3, -0.25) is 0 Å². The zero-order valence-corrected chi connectivity index (χ0v) is 19.1. The van der Waals surface area contributed by atoms with Crippen LogP contribution in [0.2, 0.25) is 4.94 Å². The van der Waals surface area contributed by atoms with Gasteiger partial charge in [-0.1, -0.05) is 0 Å². The van der Waals surface area contributed by atoms with E-state index >= 15 is 0 Å². The van der Waals surface area contributed by atoms with Crippen molar-refractivity contribution in [2.45, 2.75) is 43.1 Å². The number of halogens is 2. The molecule has 1 radical (unpaired) electrons. The van der Waals surface area contributed by atoms with Crippen molar-refractivity contribution in [3.05, 3.63) is 29.8 Å². The molecule has 0 spiro atoms. The molecule has 0 aromatic heterocycles. The molecule has 1 aromatic carbocycles. The van der Waals surface area contributed by atoms with Gasteiger partial charge in [0.1, 0.15) is 0 Å². The third kappa shape index (κ3) is 6.86. The van der Waals surface area contributed by atoms with E-state index in [-0.39, 0.29) is 23.0 Å². The molecule has 19 heavy (non-hydrogen) atoms. The Hall–Kier alpha value is 1.50. The number of benzene rings is 1. The summed E-state index contributed by atoms with van der Waals surface area (Å²) in [7, 11) is 1.80. The van der Waals surface area contributed by atoms with Crippen molar-refractivity contribution in [2.24, 2.45) is 5.73 Å². The number of rotatable bonds is 7. The minimum absolute atomic E-state index is 0. The van der Waals surface area contributed by atoms with Crippen molar-refractivity contribution in [3.8, 4) is 0 Å². The Bertz CT molecular complexity index is 370. The molecule has 2 atom stereocenters. The van der Waals surface area contributed by atoms with Crippen LogP contribution in [-0.2, 0) is 3.07 Å². The van der Waals surface area contributed by atoms with E-state index in [1.165, 1.54) is 15.6 Å². The van der Waals surface area contributed by atoms with Gasteiger partial charge in [0.25, 0.3) is 0 Å². The second-order valence-corrected chi connectivity index (χ2v) is 12.0. The van der Waals surface area contributed by atoms with E-state index in [0.717, 1.165) is 6.42 Å². The molecule has 2 unspecified atom stereocenters. The van der Waals surface area contributed by atoms with Gasteiger partial charge in [0, 0.05) is 0 Å². The first-order chi connectivity index (χ1) is 8.60. The summed E-state index contributed by atoms with van der Waals surface area (Å²) < 4.78 is 7.72. The predicted molar refractivity (Wildman–Crippen MR) is 102 cm³/mol. The van der Waals surface area contributed by atoms with Gasteiger partial charge in [0.2, 0.25) is 0 Å². The first-order valence-corrected chi connectivity index (χ1v) is 15.1. The van der Waals surface area contributed by atoms with Crippen LogP contribution in [0.4, 0.5) is 0 Å². The number of hydrogen-bond donors (Lipinski definition) is 1. The van der Waals surface area contributed by atoms with E-state index in [0.29, 0.717) is 5.44 Å². The Balaban J connectivity index is 0.00000324. The fourth-order valence-corrected chi connectivity index (χ4v) is 11.1. The van der Waals surface area contributed by atoms with Gasteiger partial charge in [0.05, 0.1) is 0 Å². The molecule has 0 saturated carbocycles. The van der Waals surface area contributed by atoms with E-state index in [1.54, 1.807) is 8.93 Å². The van der Waals surface area contributed by atoms with Gasteiger partial charge in [-0.25, -0.2) is 0 Å². The van der Waals surface area contributed by atoms with Crippen LogP contribution in [0.3, 0.4) is 0 Å². The first kappa shape index (κ1) is 20.5. The van der Waals surface area contributed by atoms with Crippen molar-refractivity contribution in [1.82, 2.24) is 0 Å². The normalized spacial score (nSPS) is 14.0. The molecule has 0 aliphatic rings. The molecule has 0 fully saturated rings. The van der Waals surface area contributed by atoms with Gasteiger partial charge >= 0.3 is 136 Å². The third-order valence-corrected chi connectivity index (χ3v) is 10.8. The van der Waals surface area contributed by atoms with Crippen LogP contribution in [0, 0.1) is 0 Å². The standard InChI is InChI=1S/C8H10N.C4H8IOS.CH3.BrH.Sn/c1-7(9)8-5-3-2-4-6-8;1-2-3-4(6)7-5;;;/h2-5,7H,9H2,1H3;4H,2-3H2,1H3;1H3;1H;/q;-1;;;+1. The van der Waals surface area contributed by atoms with Crippen LogP contribution in [-0.4, -0.2) is 25.6 Å². The van der Waals surface area contributed by atoms with Crippen LogP contribution in [0.1, 0.15) is 38.3 Å². The molecule has 109 valence electrons. The molecule has 1 aromatic rings. The Morgan fingerprint density at radius 3 is 2.58 bits per heavy atom. The number of hydrogen-bond acceptors (Lipinski definition) is 3. The molecule has 0 aliphatic heterocycles. The van der Waals surface area contributed by atoms with Crippen molar-refractivity contribution in [1.29, 1.82) is 0 Å². The summed E-state index contributed by atoms with van der Waals surface area (Å²) in [6.45, 7) is 4.25. The summed E-state index contributed by atoms with van der Waals surface area (Å²) in [4.78, 5) is 2.30. The molecular weight excluding hydrogens is 544 g/mol. The summed E-state index contributed by atoms with van der Waals surface area (Å²) in [6, 6.07) is 8.60. The molecule has 0 bridgehead atoms. The summed E-state index contributed by atoms with van der Waals surface area (Å²) >= 11 is 0.371.